The number of anilines is 1. The molecule has 2 N–H and O–H groups in total. The molecule has 3 heterocycles. The number of hydrogen-bond acceptors (Lipinski definition) is 5. The maximum atomic E-state index is 11.8. The summed E-state index contributed by atoms with van der Waals surface area (Å²) in [5.74, 6) is -0.672. The van der Waals surface area contributed by atoms with E-state index < -0.39 is 5.97 Å². The minimum Gasteiger partial charge on any atom is -0.477 e. The maximum absolute atomic E-state index is 11.8. The highest BCUT2D eigenvalue weighted by Crippen LogP contribution is 2.45. The van der Waals surface area contributed by atoms with Crippen LogP contribution in [0.4, 0.5) is 5.69 Å². The molecule has 5 rings (SSSR count). The third-order valence-electron chi connectivity index (χ3n) is 6.22. The average Bonchev–Trinajstić information content (AvgIpc) is 3.03. The van der Waals surface area contributed by atoms with Gasteiger partial charge in [-0.3, -0.25) is 0 Å². The van der Waals surface area contributed by atoms with E-state index in [0.29, 0.717) is 24.7 Å². The minimum absolute atomic E-state index is 0.0161. The van der Waals surface area contributed by atoms with Crippen LogP contribution in [-0.2, 0) is 0 Å². The molecular formula is C22H24N4O3. The van der Waals surface area contributed by atoms with E-state index in [0.717, 1.165) is 35.3 Å². The van der Waals surface area contributed by atoms with Crippen LogP contribution < -0.4 is 4.90 Å². The number of carboxylic acids is 1. The fraction of sp³-hybridized carbons (Fsp3) is 0.409. The standard InChI is InChI=1S/C22H24N4O3/c1-22(13-27)11-25(12-22)17-10-16(21(28)29)23-20-18(17)19(14-6-5-7-14)24-26(20)15-8-3-2-4-9-15/h2-4,8-10,14,27H,5-7,11-13H2,1H3,(H,28,29). The smallest absolute Gasteiger partial charge is 0.354 e. The van der Waals surface area contributed by atoms with Crippen LogP contribution in [0.5, 0.6) is 0 Å². The Hall–Kier alpha value is -2.93. The van der Waals surface area contributed by atoms with Crippen molar-refractivity contribution in [3.8, 4) is 5.69 Å². The second-order valence-electron chi connectivity index (χ2n) is 8.62. The van der Waals surface area contributed by atoms with Crippen molar-refractivity contribution in [2.24, 2.45) is 5.41 Å². The maximum Gasteiger partial charge on any atom is 0.354 e. The van der Waals surface area contributed by atoms with E-state index in [4.69, 9.17) is 5.10 Å². The highest BCUT2D eigenvalue weighted by molar-refractivity contribution is 5.99. The quantitative estimate of drug-likeness (QED) is 0.693. The molecule has 1 saturated heterocycles. The van der Waals surface area contributed by atoms with Crippen molar-refractivity contribution in [1.29, 1.82) is 0 Å². The predicted octanol–water partition coefficient (Wildman–Crippen LogP) is 3.20. The number of nitrogens with zero attached hydrogens (tertiary/aromatic N) is 4. The van der Waals surface area contributed by atoms with Gasteiger partial charge in [-0.25, -0.2) is 14.5 Å². The van der Waals surface area contributed by atoms with E-state index in [1.807, 2.05) is 37.3 Å². The molecule has 0 spiro atoms. The van der Waals surface area contributed by atoms with Crippen LogP contribution in [0, 0.1) is 5.41 Å². The van der Waals surface area contributed by atoms with E-state index in [1.165, 1.54) is 6.42 Å². The molecule has 2 aliphatic rings. The molecule has 0 radical (unpaired) electrons. The summed E-state index contributed by atoms with van der Waals surface area (Å²) in [6.45, 7) is 3.52. The molecule has 7 heteroatoms. The van der Waals surface area contributed by atoms with Gasteiger partial charge in [-0.15, -0.1) is 0 Å². The Morgan fingerprint density at radius 2 is 1.97 bits per heavy atom. The Morgan fingerprint density at radius 3 is 2.55 bits per heavy atom. The molecule has 1 aromatic carbocycles. The zero-order valence-corrected chi connectivity index (χ0v) is 16.4. The van der Waals surface area contributed by atoms with E-state index in [2.05, 4.69) is 9.88 Å². The van der Waals surface area contributed by atoms with E-state index in [1.54, 1.807) is 10.7 Å². The molecule has 0 atom stereocenters. The number of carboxylic acid groups (broad SMARTS) is 1. The van der Waals surface area contributed by atoms with Crippen molar-refractivity contribution in [2.75, 3.05) is 24.6 Å². The van der Waals surface area contributed by atoms with Crippen LogP contribution in [0.1, 0.15) is 48.3 Å². The first-order valence-electron chi connectivity index (χ1n) is 10.1. The molecule has 1 saturated carbocycles. The van der Waals surface area contributed by atoms with Crippen LogP contribution in [0.2, 0.25) is 0 Å². The SMILES string of the molecule is CC1(CO)CN(c2cc(C(=O)O)nc3c2c(C2CCC2)nn3-c2ccccc2)C1. The van der Waals surface area contributed by atoms with Crippen molar-refractivity contribution >= 4 is 22.7 Å². The molecule has 7 nitrogen and oxygen atoms in total. The number of aromatic carboxylic acids is 1. The van der Waals surface area contributed by atoms with Crippen molar-refractivity contribution in [3.05, 3.63) is 47.8 Å². The number of aromatic nitrogens is 3. The third-order valence-corrected chi connectivity index (χ3v) is 6.22. The van der Waals surface area contributed by atoms with Crippen LogP contribution in [0.15, 0.2) is 36.4 Å². The molecule has 0 amide bonds. The summed E-state index contributed by atoms with van der Waals surface area (Å²) in [4.78, 5) is 18.5. The minimum atomic E-state index is -1.05. The van der Waals surface area contributed by atoms with Gasteiger partial charge in [-0.1, -0.05) is 31.5 Å². The Labute approximate surface area is 168 Å². The first kappa shape index (κ1) is 18.1. The van der Waals surface area contributed by atoms with E-state index in [9.17, 15) is 15.0 Å². The Balaban J connectivity index is 1.74. The van der Waals surface area contributed by atoms with Gasteiger partial charge in [0.1, 0.15) is 0 Å². The monoisotopic (exact) mass is 392 g/mol. The third kappa shape index (κ3) is 2.88. The summed E-state index contributed by atoms with van der Waals surface area (Å²) in [6.07, 6.45) is 3.37. The Morgan fingerprint density at radius 1 is 1.24 bits per heavy atom. The van der Waals surface area contributed by atoms with Gasteiger partial charge in [0.15, 0.2) is 11.3 Å². The number of rotatable bonds is 5. The van der Waals surface area contributed by atoms with Crippen molar-refractivity contribution in [2.45, 2.75) is 32.1 Å². The second kappa shape index (κ2) is 6.56. The number of para-hydroxylation sites is 1. The average molecular weight is 392 g/mol. The number of aliphatic hydroxyl groups is 1. The first-order chi connectivity index (χ1) is 14.0. The van der Waals surface area contributed by atoms with E-state index in [-0.39, 0.29) is 17.7 Å². The van der Waals surface area contributed by atoms with Gasteiger partial charge in [0, 0.05) is 24.4 Å². The van der Waals surface area contributed by atoms with Crippen molar-refractivity contribution < 1.29 is 15.0 Å². The molecule has 1 aliphatic carbocycles. The van der Waals surface area contributed by atoms with Gasteiger partial charge in [-0.2, -0.15) is 5.10 Å². The number of benzene rings is 1. The number of fused-ring (bicyclic) bond motifs is 1. The zero-order chi connectivity index (χ0) is 20.2. The Kier molecular flexibility index (Phi) is 4.10. The fourth-order valence-corrected chi connectivity index (χ4v) is 4.34. The largest absolute Gasteiger partial charge is 0.477 e. The zero-order valence-electron chi connectivity index (χ0n) is 16.4. The summed E-state index contributed by atoms with van der Waals surface area (Å²) in [5, 5.41) is 25.2. The van der Waals surface area contributed by atoms with Crippen LogP contribution in [0.3, 0.4) is 0 Å². The number of hydrogen-bond donors (Lipinski definition) is 2. The summed E-state index contributed by atoms with van der Waals surface area (Å²) >= 11 is 0. The van der Waals surface area contributed by atoms with Crippen LogP contribution >= 0.6 is 0 Å². The van der Waals surface area contributed by atoms with Crippen LogP contribution in [-0.4, -0.2) is 50.6 Å². The lowest BCUT2D eigenvalue weighted by Gasteiger charge is -2.48. The normalized spacial score (nSPS) is 18.5. The summed E-state index contributed by atoms with van der Waals surface area (Å²) in [5.41, 5.74) is 3.18. The number of aliphatic hydroxyl groups excluding tert-OH is 1. The number of carbonyl (C=O) groups is 1. The highest BCUT2D eigenvalue weighted by atomic mass is 16.4. The highest BCUT2D eigenvalue weighted by Gasteiger charge is 2.40. The van der Waals surface area contributed by atoms with Gasteiger partial charge in [0.05, 0.1) is 29.1 Å². The van der Waals surface area contributed by atoms with Gasteiger partial charge < -0.3 is 15.1 Å². The molecule has 0 bridgehead atoms. The molecule has 0 unspecified atom stereocenters. The number of pyridine rings is 1. The summed E-state index contributed by atoms with van der Waals surface area (Å²) < 4.78 is 1.78. The van der Waals surface area contributed by atoms with Gasteiger partial charge >= 0.3 is 5.97 Å². The topological polar surface area (TPSA) is 91.5 Å². The molecule has 150 valence electrons. The first-order valence-corrected chi connectivity index (χ1v) is 10.1. The molecule has 3 aromatic rings. The van der Waals surface area contributed by atoms with Crippen LogP contribution in [0.25, 0.3) is 16.7 Å². The summed E-state index contributed by atoms with van der Waals surface area (Å²) in [7, 11) is 0. The van der Waals surface area contributed by atoms with Gasteiger partial charge in [0.2, 0.25) is 0 Å². The van der Waals surface area contributed by atoms with Crippen molar-refractivity contribution in [3.63, 3.8) is 0 Å². The lowest BCUT2D eigenvalue weighted by atomic mass is 9.80. The molecular weight excluding hydrogens is 368 g/mol. The second-order valence-corrected chi connectivity index (χ2v) is 8.62. The molecule has 2 fully saturated rings. The fourth-order valence-electron chi connectivity index (χ4n) is 4.34. The Bertz CT molecular complexity index is 1080. The predicted molar refractivity (Wildman–Crippen MR) is 110 cm³/mol. The molecule has 29 heavy (non-hydrogen) atoms. The lowest BCUT2D eigenvalue weighted by Crippen LogP contribution is -2.56. The molecule has 2 aromatic heterocycles. The lowest BCUT2D eigenvalue weighted by molar-refractivity contribution is 0.0690. The van der Waals surface area contributed by atoms with Gasteiger partial charge in [0.25, 0.3) is 0 Å². The summed E-state index contributed by atoms with van der Waals surface area (Å²) in [6, 6.07) is 11.4. The van der Waals surface area contributed by atoms with Crippen molar-refractivity contribution in [1.82, 2.24) is 14.8 Å². The van der Waals surface area contributed by atoms with E-state index >= 15 is 0 Å². The molecule has 1 aliphatic heterocycles. The van der Waals surface area contributed by atoms with Gasteiger partial charge in [-0.05, 0) is 31.0 Å².